The third kappa shape index (κ3) is 2.93. The molecule has 0 atom stereocenters. The summed E-state index contributed by atoms with van der Waals surface area (Å²) in [5.74, 6) is 0.758. The van der Waals surface area contributed by atoms with E-state index in [2.05, 4.69) is 25.9 Å². The van der Waals surface area contributed by atoms with Gasteiger partial charge in [-0.1, -0.05) is 12.1 Å². The van der Waals surface area contributed by atoms with Gasteiger partial charge in [0, 0.05) is 5.38 Å². The number of rotatable bonds is 4. The van der Waals surface area contributed by atoms with E-state index in [-0.39, 0.29) is 11.6 Å². The molecule has 0 aliphatic rings. The Balaban J connectivity index is 1.84. The molecule has 108 valence electrons. The molecule has 2 aromatic heterocycles. The zero-order valence-electron chi connectivity index (χ0n) is 11.1. The van der Waals surface area contributed by atoms with Gasteiger partial charge in [0.2, 0.25) is 0 Å². The van der Waals surface area contributed by atoms with Crippen molar-refractivity contribution in [2.45, 2.75) is 6.61 Å². The molecule has 0 bridgehead atoms. The van der Waals surface area contributed by atoms with Crippen LogP contribution in [0.3, 0.4) is 0 Å². The van der Waals surface area contributed by atoms with Crippen LogP contribution in [0.15, 0.2) is 38.9 Å². The van der Waals surface area contributed by atoms with Gasteiger partial charge in [-0.25, -0.2) is 0 Å². The lowest BCUT2D eigenvalue weighted by atomic mass is 10.2. The molecule has 0 unspecified atom stereocenters. The zero-order chi connectivity index (χ0) is 14.8. The lowest BCUT2D eigenvalue weighted by Gasteiger charge is -2.06. The molecule has 0 fully saturated rings. The van der Waals surface area contributed by atoms with E-state index in [1.54, 1.807) is 7.11 Å². The minimum atomic E-state index is -0.198. The number of nitrogens with one attached hydrogen (secondary N) is 1. The van der Waals surface area contributed by atoms with Crippen LogP contribution in [0, 0.1) is 0 Å². The van der Waals surface area contributed by atoms with Gasteiger partial charge in [0.25, 0.3) is 11.6 Å². The van der Waals surface area contributed by atoms with E-state index in [1.165, 1.54) is 11.3 Å². The summed E-state index contributed by atoms with van der Waals surface area (Å²) >= 11 is 4.72. The largest absolute Gasteiger partial charge is 0.497 e. The van der Waals surface area contributed by atoms with Crippen LogP contribution < -0.4 is 15.0 Å². The van der Waals surface area contributed by atoms with Gasteiger partial charge in [-0.2, -0.15) is 4.98 Å². The van der Waals surface area contributed by atoms with Crippen LogP contribution in [0.25, 0.3) is 10.2 Å². The maximum Gasteiger partial charge on any atom is 0.297 e. The third-order valence-electron chi connectivity index (χ3n) is 2.87. The summed E-state index contributed by atoms with van der Waals surface area (Å²) < 4.78 is 12.1. The zero-order valence-corrected chi connectivity index (χ0v) is 13.5. The van der Waals surface area contributed by atoms with Crippen LogP contribution in [-0.2, 0) is 6.61 Å². The second-order valence-electron chi connectivity index (χ2n) is 4.27. The number of fused-ring (bicyclic) bond motifs is 1. The Bertz CT molecular complexity index is 844. The molecule has 0 saturated heterocycles. The number of ether oxygens (including phenoxy) is 2. The van der Waals surface area contributed by atoms with Gasteiger partial charge in [-0.05, 0) is 33.6 Å². The van der Waals surface area contributed by atoms with Gasteiger partial charge < -0.3 is 9.47 Å². The highest BCUT2D eigenvalue weighted by Gasteiger charge is 2.10. The number of hydrogen-bond acceptors (Lipinski definition) is 5. The molecule has 0 saturated carbocycles. The number of methoxy groups -OCH3 is 1. The Hall–Kier alpha value is -1.86. The molecule has 7 heteroatoms. The van der Waals surface area contributed by atoms with Crippen molar-refractivity contribution >= 4 is 37.5 Å². The number of H-pyrrole nitrogens is 1. The van der Waals surface area contributed by atoms with Crippen LogP contribution in [0.5, 0.6) is 11.8 Å². The second-order valence-corrected chi connectivity index (χ2v) is 6.01. The molecule has 0 radical (unpaired) electrons. The van der Waals surface area contributed by atoms with Crippen LogP contribution >= 0.6 is 27.3 Å². The van der Waals surface area contributed by atoms with E-state index < -0.39 is 0 Å². The Morgan fingerprint density at radius 3 is 3.10 bits per heavy atom. The summed E-state index contributed by atoms with van der Waals surface area (Å²) in [5.41, 5.74) is 1.35. The first-order valence-electron chi connectivity index (χ1n) is 6.10. The Morgan fingerprint density at radius 2 is 2.29 bits per heavy atom. The second kappa shape index (κ2) is 5.87. The monoisotopic (exact) mass is 366 g/mol. The molecule has 0 aliphatic heterocycles. The van der Waals surface area contributed by atoms with E-state index in [0.29, 0.717) is 16.8 Å². The average molecular weight is 367 g/mol. The quantitative estimate of drug-likeness (QED) is 0.768. The van der Waals surface area contributed by atoms with E-state index in [4.69, 9.17) is 9.47 Å². The molecular weight excluding hydrogens is 356 g/mol. The first kappa shape index (κ1) is 14.1. The first-order chi connectivity index (χ1) is 10.2. The van der Waals surface area contributed by atoms with Gasteiger partial charge >= 0.3 is 0 Å². The molecule has 3 rings (SSSR count). The minimum Gasteiger partial charge on any atom is -0.497 e. The van der Waals surface area contributed by atoms with Crippen LogP contribution in [-0.4, -0.2) is 17.1 Å². The average Bonchev–Trinajstić information content (AvgIpc) is 2.87. The Labute approximate surface area is 132 Å². The maximum atomic E-state index is 11.9. The standard InChI is InChI=1S/C14H11BrN2O3S/c1-19-9-4-2-3-8(5-9)6-20-14-16-11-10(15)7-21-12(11)13(18)17-14/h2-5,7H,6H2,1H3,(H,16,17,18). The number of halogens is 1. The summed E-state index contributed by atoms with van der Waals surface area (Å²) in [6.07, 6.45) is 0. The summed E-state index contributed by atoms with van der Waals surface area (Å²) in [6.45, 7) is 0.299. The number of benzene rings is 1. The molecule has 2 heterocycles. The molecule has 0 spiro atoms. The van der Waals surface area contributed by atoms with Crippen molar-refractivity contribution in [3.05, 3.63) is 50.0 Å². The van der Waals surface area contributed by atoms with Crippen molar-refractivity contribution in [3.63, 3.8) is 0 Å². The smallest absolute Gasteiger partial charge is 0.297 e. The number of aromatic nitrogens is 2. The Morgan fingerprint density at radius 1 is 1.43 bits per heavy atom. The molecule has 1 aromatic carbocycles. The van der Waals surface area contributed by atoms with E-state index in [0.717, 1.165) is 15.8 Å². The van der Waals surface area contributed by atoms with Crippen molar-refractivity contribution in [1.82, 2.24) is 9.97 Å². The van der Waals surface area contributed by atoms with Gasteiger partial charge in [0.15, 0.2) is 0 Å². The summed E-state index contributed by atoms with van der Waals surface area (Å²) in [7, 11) is 1.61. The summed E-state index contributed by atoms with van der Waals surface area (Å²) in [4.78, 5) is 18.9. The van der Waals surface area contributed by atoms with E-state index >= 15 is 0 Å². The van der Waals surface area contributed by atoms with Crippen molar-refractivity contribution < 1.29 is 9.47 Å². The normalized spacial score (nSPS) is 10.8. The predicted molar refractivity (Wildman–Crippen MR) is 85.3 cm³/mol. The van der Waals surface area contributed by atoms with Crippen LogP contribution in [0.2, 0.25) is 0 Å². The summed E-state index contributed by atoms with van der Waals surface area (Å²) in [6, 6.07) is 7.73. The highest BCUT2D eigenvalue weighted by molar-refractivity contribution is 9.10. The van der Waals surface area contributed by atoms with Crippen molar-refractivity contribution in [2.24, 2.45) is 0 Å². The fourth-order valence-electron chi connectivity index (χ4n) is 1.86. The van der Waals surface area contributed by atoms with Gasteiger partial charge in [0.05, 0.1) is 11.6 Å². The van der Waals surface area contributed by atoms with Crippen molar-refractivity contribution in [1.29, 1.82) is 0 Å². The lowest BCUT2D eigenvalue weighted by Crippen LogP contribution is -2.09. The van der Waals surface area contributed by atoms with E-state index in [9.17, 15) is 4.79 Å². The maximum absolute atomic E-state index is 11.9. The number of aromatic amines is 1. The van der Waals surface area contributed by atoms with Crippen LogP contribution in [0.4, 0.5) is 0 Å². The minimum absolute atomic E-state index is 0.198. The fourth-order valence-corrected chi connectivity index (χ4v) is 3.32. The topological polar surface area (TPSA) is 64.2 Å². The van der Waals surface area contributed by atoms with Crippen molar-refractivity contribution in [3.8, 4) is 11.8 Å². The molecule has 21 heavy (non-hydrogen) atoms. The van der Waals surface area contributed by atoms with Gasteiger partial charge in [-0.15, -0.1) is 11.3 Å². The highest BCUT2D eigenvalue weighted by Crippen LogP contribution is 2.27. The van der Waals surface area contributed by atoms with Crippen LogP contribution in [0.1, 0.15) is 5.56 Å². The molecule has 0 amide bonds. The fraction of sp³-hybridized carbons (Fsp3) is 0.143. The lowest BCUT2D eigenvalue weighted by molar-refractivity contribution is 0.280. The molecule has 0 aliphatic carbocycles. The number of hydrogen-bond donors (Lipinski definition) is 1. The SMILES string of the molecule is COc1cccc(COc2nc3c(Br)csc3c(=O)[nH]2)c1. The number of nitrogens with zero attached hydrogens (tertiary/aromatic N) is 1. The molecule has 5 nitrogen and oxygen atoms in total. The predicted octanol–water partition coefficient (Wildman–Crippen LogP) is 3.33. The Kier molecular flexibility index (Phi) is 3.94. The highest BCUT2D eigenvalue weighted by atomic mass is 79.9. The number of thiophene rings is 1. The van der Waals surface area contributed by atoms with Gasteiger partial charge in [0.1, 0.15) is 22.6 Å². The van der Waals surface area contributed by atoms with E-state index in [1.807, 2.05) is 29.6 Å². The molecule has 1 N–H and O–H groups in total. The summed E-state index contributed by atoms with van der Waals surface area (Å²) in [5, 5.41) is 1.83. The first-order valence-corrected chi connectivity index (χ1v) is 7.77. The third-order valence-corrected chi connectivity index (χ3v) is 4.75. The van der Waals surface area contributed by atoms with Gasteiger partial charge in [-0.3, -0.25) is 9.78 Å². The molecular formula is C14H11BrN2O3S. The van der Waals surface area contributed by atoms with Crippen molar-refractivity contribution in [2.75, 3.05) is 7.11 Å². The molecule has 3 aromatic rings.